The minimum absolute atomic E-state index is 0.0215. The number of carboxylic acids is 1. The van der Waals surface area contributed by atoms with Gasteiger partial charge in [-0.25, -0.2) is 9.59 Å². The number of rotatable bonds is 7. The number of carbonyl (C=O) groups is 3. The Labute approximate surface area is 204 Å². The van der Waals surface area contributed by atoms with Crippen LogP contribution in [-0.2, 0) is 19.1 Å². The fourth-order valence-corrected chi connectivity index (χ4v) is 5.74. The Morgan fingerprint density at radius 3 is 2.40 bits per heavy atom. The van der Waals surface area contributed by atoms with E-state index in [9.17, 15) is 19.5 Å². The van der Waals surface area contributed by atoms with Crippen LogP contribution in [0.3, 0.4) is 0 Å². The Morgan fingerprint density at radius 2 is 1.77 bits per heavy atom. The second-order valence-electron chi connectivity index (χ2n) is 9.44. The number of nitrogens with one attached hydrogen (secondary N) is 1. The molecule has 0 bridgehead atoms. The number of ether oxygens (including phenoxy) is 2. The maximum atomic E-state index is 13.1. The van der Waals surface area contributed by atoms with Crippen molar-refractivity contribution in [3.05, 3.63) is 59.7 Å². The van der Waals surface area contributed by atoms with E-state index >= 15 is 0 Å². The van der Waals surface area contributed by atoms with Crippen molar-refractivity contribution in [3.8, 4) is 11.1 Å². The summed E-state index contributed by atoms with van der Waals surface area (Å²) in [6.07, 6.45) is 0.680. The van der Waals surface area contributed by atoms with E-state index in [-0.39, 0.29) is 37.0 Å². The summed E-state index contributed by atoms with van der Waals surface area (Å²) < 4.78 is 11.2. The zero-order chi connectivity index (χ0) is 24.5. The van der Waals surface area contributed by atoms with Crippen LogP contribution in [0, 0.1) is 0 Å². The quantitative estimate of drug-likeness (QED) is 0.631. The van der Waals surface area contributed by atoms with Gasteiger partial charge in [0.15, 0.2) is 0 Å². The number of amides is 2. The molecule has 184 valence electrons. The molecule has 0 spiro atoms. The van der Waals surface area contributed by atoms with Crippen molar-refractivity contribution in [2.24, 2.45) is 0 Å². The summed E-state index contributed by atoms with van der Waals surface area (Å²) in [7, 11) is 0. The van der Waals surface area contributed by atoms with Crippen molar-refractivity contribution < 1.29 is 29.0 Å². The Balaban J connectivity index is 1.20. The summed E-state index contributed by atoms with van der Waals surface area (Å²) in [4.78, 5) is 39.0. The van der Waals surface area contributed by atoms with Crippen molar-refractivity contribution in [2.45, 2.75) is 62.8 Å². The molecule has 2 fully saturated rings. The van der Waals surface area contributed by atoms with Crippen LogP contribution in [-0.4, -0.2) is 65.4 Å². The summed E-state index contributed by atoms with van der Waals surface area (Å²) in [5, 5.41) is 12.4. The van der Waals surface area contributed by atoms with Crippen molar-refractivity contribution in [1.82, 2.24) is 10.2 Å². The van der Waals surface area contributed by atoms with Gasteiger partial charge >= 0.3 is 12.1 Å². The van der Waals surface area contributed by atoms with Crippen LogP contribution in [0.4, 0.5) is 4.79 Å². The van der Waals surface area contributed by atoms with Crippen molar-refractivity contribution in [1.29, 1.82) is 0 Å². The standard InChI is InChI=1S/C27H30N2O6/c1-2-16(13-25(30)29-22-11-12-34-24(22)14-23(29)26(31)32)28-27(33)35-15-21-19-9-5-3-7-17(19)18-8-4-6-10-20(18)21/h3-10,16,21-24H,2,11-15H2,1H3,(H,28,33)(H,31,32)/t16?,22-,23?,24-/m1/s1. The minimum atomic E-state index is -1.02. The van der Waals surface area contributed by atoms with E-state index in [4.69, 9.17) is 9.47 Å². The molecule has 2 heterocycles. The molecule has 8 nitrogen and oxygen atoms in total. The predicted molar refractivity (Wildman–Crippen MR) is 128 cm³/mol. The van der Waals surface area contributed by atoms with Crippen LogP contribution < -0.4 is 5.32 Å². The van der Waals surface area contributed by atoms with E-state index < -0.39 is 24.1 Å². The maximum Gasteiger partial charge on any atom is 0.407 e. The molecule has 2 unspecified atom stereocenters. The van der Waals surface area contributed by atoms with Gasteiger partial charge in [0.25, 0.3) is 0 Å². The third kappa shape index (κ3) is 4.38. The van der Waals surface area contributed by atoms with Crippen LogP contribution in [0.2, 0.25) is 0 Å². The smallest absolute Gasteiger partial charge is 0.407 e. The summed E-state index contributed by atoms with van der Waals surface area (Å²) in [6.45, 7) is 2.60. The lowest BCUT2D eigenvalue weighted by atomic mass is 9.98. The molecule has 2 aromatic rings. The van der Waals surface area contributed by atoms with Crippen molar-refractivity contribution in [2.75, 3.05) is 13.2 Å². The zero-order valence-corrected chi connectivity index (χ0v) is 19.7. The molecule has 2 aliphatic heterocycles. The number of fused-ring (bicyclic) bond motifs is 4. The Hall–Kier alpha value is -3.39. The molecule has 5 rings (SSSR count). The Bertz CT molecular complexity index is 1090. The number of benzene rings is 2. The normalized spacial score (nSPS) is 23.3. The average Bonchev–Trinajstić information content (AvgIpc) is 3.54. The van der Waals surface area contributed by atoms with Gasteiger partial charge in [0.1, 0.15) is 12.6 Å². The zero-order valence-electron chi connectivity index (χ0n) is 19.7. The highest BCUT2D eigenvalue weighted by Gasteiger charge is 2.49. The average molecular weight is 479 g/mol. The molecule has 0 saturated carbocycles. The minimum Gasteiger partial charge on any atom is -0.480 e. The van der Waals surface area contributed by atoms with Crippen molar-refractivity contribution >= 4 is 18.0 Å². The molecule has 3 aliphatic rings. The number of nitrogens with zero attached hydrogens (tertiary/aromatic N) is 1. The molecule has 4 atom stereocenters. The first-order chi connectivity index (χ1) is 17.0. The van der Waals surface area contributed by atoms with E-state index in [0.717, 1.165) is 22.3 Å². The van der Waals surface area contributed by atoms with Gasteiger partial charge in [-0.3, -0.25) is 4.79 Å². The van der Waals surface area contributed by atoms with Gasteiger partial charge < -0.3 is 24.8 Å². The van der Waals surface area contributed by atoms with E-state index in [1.54, 1.807) is 0 Å². The fourth-order valence-electron chi connectivity index (χ4n) is 5.74. The van der Waals surface area contributed by atoms with Crippen LogP contribution in [0.1, 0.15) is 49.7 Å². The third-order valence-corrected chi connectivity index (χ3v) is 7.48. The number of likely N-dealkylation sites (tertiary alicyclic amines) is 1. The Kier molecular flexibility index (Phi) is 6.47. The highest BCUT2D eigenvalue weighted by atomic mass is 16.5. The van der Waals surface area contributed by atoms with E-state index in [2.05, 4.69) is 29.6 Å². The lowest BCUT2D eigenvalue weighted by molar-refractivity contribution is -0.149. The molecule has 35 heavy (non-hydrogen) atoms. The van der Waals surface area contributed by atoms with Gasteiger partial charge in [0.2, 0.25) is 5.91 Å². The van der Waals surface area contributed by atoms with Gasteiger partial charge in [-0.1, -0.05) is 55.5 Å². The summed E-state index contributed by atoms with van der Waals surface area (Å²) >= 11 is 0. The maximum absolute atomic E-state index is 13.1. The molecular formula is C27H30N2O6. The summed E-state index contributed by atoms with van der Waals surface area (Å²) in [6, 6.07) is 14.7. The first-order valence-electron chi connectivity index (χ1n) is 12.2. The summed E-state index contributed by atoms with van der Waals surface area (Å²) in [5.74, 6) is -1.34. The van der Waals surface area contributed by atoms with Crippen LogP contribution >= 0.6 is 0 Å². The van der Waals surface area contributed by atoms with Gasteiger partial charge in [-0.2, -0.15) is 0 Å². The number of hydrogen-bond donors (Lipinski definition) is 2. The topological polar surface area (TPSA) is 105 Å². The molecule has 1 aliphatic carbocycles. The van der Waals surface area contributed by atoms with Crippen molar-refractivity contribution in [3.63, 3.8) is 0 Å². The first kappa shape index (κ1) is 23.4. The number of aliphatic carboxylic acids is 1. The highest BCUT2D eigenvalue weighted by Crippen LogP contribution is 2.44. The van der Waals surface area contributed by atoms with E-state index in [1.165, 1.54) is 4.90 Å². The molecular weight excluding hydrogens is 448 g/mol. The molecule has 0 aromatic heterocycles. The lowest BCUT2D eigenvalue weighted by Gasteiger charge is -2.28. The summed E-state index contributed by atoms with van der Waals surface area (Å²) in [5.41, 5.74) is 4.57. The van der Waals surface area contributed by atoms with Gasteiger partial charge in [-0.05, 0) is 35.1 Å². The Morgan fingerprint density at radius 1 is 1.11 bits per heavy atom. The number of carboxylic acid groups (broad SMARTS) is 1. The first-order valence-corrected chi connectivity index (χ1v) is 12.2. The third-order valence-electron chi connectivity index (χ3n) is 7.48. The molecule has 2 N–H and O–H groups in total. The second-order valence-corrected chi connectivity index (χ2v) is 9.44. The monoisotopic (exact) mass is 478 g/mol. The lowest BCUT2D eigenvalue weighted by Crippen LogP contribution is -2.48. The van der Waals surface area contributed by atoms with Crippen LogP contribution in [0.15, 0.2) is 48.5 Å². The van der Waals surface area contributed by atoms with Gasteiger partial charge in [0, 0.05) is 31.4 Å². The van der Waals surface area contributed by atoms with Gasteiger partial charge in [-0.15, -0.1) is 0 Å². The molecule has 2 aromatic carbocycles. The number of hydrogen-bond acceptors (Lipinski definition) is 5. The van der Waals surface area contributed by atoms with Crippen LogP contribution in [0.5, 0.6) is 0 Å². The second kappa shape index (κ2) is 9.70. The van der Waals surface area contributed by atoms with Crippen LogP contribution in [0.25, 0.3) is 11.1 Å². The molecule has 2 amide bonds. The van der Waals surface area contributed by atoms with E-state index in [1.807, 2.05) is 31.2 Å². The van der Waals surface area contributed by atoms with Gasteiger partial charge in [0.05, 0.1) is 12.1 Å². The molecule has 0 radical (unpaired) electrons. The largest absolute Gasteiger partial charge is 0.480 e. The van der Waals surface area contributed by atoms with E-state index in [0.29, 0.717) is 25.9 Å². The predicted octanol–water partition coefficient (Wildman–Crippen LogP) is 3.54. The highest BCUT2D eigenvalue weighted by molar-refractivity contribution is 5.85. The molecule has 8 heteroatoms. The fraction of sp³-hybridized carbons (Fsp3) is 0.444. The number of alkyl carbamates (subject to hydrolysis) is 1. The SMILES string of the molecule is CCC(CC(=O)N1C(C(=O)O)C[C@H]2OCC[C@H]21)NC(=O)OCC1c2ccccc2-c2ccccc21. The number of carbonyl (C=O) groups excluding carboxylic acids is 2. The molecule has 2 saturated heterocycles.